The molecule has 4 heteroatoms. The van der Waals surface area contributed by atoms with Crippen LogP contribution < -0.4 is 0 Å². The van der Waals surface area contributed by atoms with Crippen molar-refractivity contribution in [3.8, 4) is 22.4 Å². The molecule has 0 bridgehead atoms. The Morgan fingerprint density at radius 2 is 1.45 bits per heavy atom. The van der Waals surface area contributed by atoms with Gasteiger partial charge in [-0.2, -0.15) is 5.10 Å². The summed E-state index contributed by atoms with van der Waals surface area (Å²) in [5, 5.41) is 8.37. The maximum Gasteiger partial charge on any atom is 0.123 e. The van der Waals surface area contributed by atoms with Gasteiger partial charge in [0.25, 0.3) is 0 Å². The fourth-order valence-corrected chi connectivity index (χ4v) is 2.06. The third kappa shape index (κ3) is 3.52. The summed E-state index contributed by atoms with van der Waals surface area (Å²) in [7, 11) is 0. The summed E-state index contributed by atoms with van der Waals surface area (Å²) < 4.78 is 13.0. The molecule has 0 aliphatic carbocycles. The van der Waals surface area contributed by atoms with Gasteiger partial charge in [-0.1, -0.05) is 13.8 Å². The molecule has 0 fully saturated rings. The van der Waals surface area contributed by atoms with E-state index in [1.165, 1.54) is 12.1 Å². The molecule has 2 aromatic heterocycles. The van der Waals surface area contributed by atoms with Gasteiger partial charge in [-0.15, -0.1) is 5.10 Å². The van der Waals surface area contributed by atoms with E-state index in [-0.39, 0.29) is 5.82 Å². The Labute approximate surface area is 129 Å². The van der Waals surface area contributed by atoms with Gasteiger partial charge >= 0.3 is 0 Å². The summed E-state index contributed by atoms with van der Waals surface area (Å²) in [6, 6.07) is 12.1. The van der Waals surface area contributed by atoms with Crippen molar-refractivity contribution in [2.75, 3.05) is 0 Å². The second-order valence-electron chi connectivity index (χ2n) is 4.49. The molecule has 0 spiro atoms. The van der Waals surface area contributed by atoms with Crippen molar-refractivity contribution >= 4 is 0 Å². The van der Waals surface area contributed by atoms with Crippen molar-refractivity contribution in [1.29, 1.82) is 0 Å². The zero-order valence-corrected chi connectivity index (χ0v) is 12.9. The molecular weight excluding hydrogens is 277 g/mol. The number of hydrogen-bond donors (Lipinski definition) is 0. The van der Waals surface area contributed by atoms with Crippen LogP contribution in [0.4, 0.5) is 4.39 Å². The molecule has 0 radical (unpaired) electrons. The molecule has 1 aromatic carbocycles. The lowest BCUT2D eigenvalue weighted by Gasteiger charge is -2.09. The van der Waals surface area contributed by atoms with Crippen LogP contribution in [-0.4, -0.2) is 15.2 Å². The van der Waals surface area contributed by atoms with Crippen LogP contribution in [0.3, 0.4) is 0 Å². The van der Waals surface area contributed by atoms with Crippen LogP contribution >= 0.6 is 0 Å². The Hall–Kier alpha value is -2.62. The number of aryl methyl sites for hydroxylation is 1. The Bertz CT molecular complexity index is 725. The number of rotatable bonds is 2. The minimum absolute atomic E-state index is 0.265. The van der Waals surface area contributed by atoms with Gasteiger partial charge in [0.1, 0.15) is 11.5 Å². The highest BCUT2D eigenvalue weighted by atomic mass is 19.1. The summed E-state index contributed by atoms with van der Waals surface area (Å²) in [6.07, 6.45) is 3.47. The van der Waals surface area contributed by atoms with E-state index in [4.69, 9.17) is 0 Å². The highest BCUT2D eigenvalue weighted by molar-refractivity contribution is 5.80. The van der Waals surface area contributed by atoms with Crippen LogP contribution in [0, 0.1) is 12.7 Å². The Kier molecular flexibility index (Phi) is 5.31. The van der Waals surface area contributed by atoms with E-state index in [1.807, 2.05) is 39.0 Å². The van der Waals surface area contributed by atoms with Crippen LogP contribution in [0.15, 0.2) is 54.9 Å². The van der Waals surface area contributed by atoms with Crippen LogP contribution in [0.1, 0.15) is 19.5 Å². The first-order chi connectivity index (χ1) is 10.7. The molecular formula is C18H18FN3. The molecule has 0 amide bonds. The minimum atomic E-state index is -0.265. The molecule has 0 N–H and O–H groups in total. The van der Waals surface area contributed by atoms with Crippen LogP contribution in [0.2, 0.25) is 0 Å². The van der Waals surface area contributed by atoms with Gasteiger partial charge in [0.05, 0.1) is 5.69 Å². The van der Waals surface area contributed by atoms with Crippen molar-refractivity contribution in [1.82, 2.24) is 15.2 Å². The molecule has 22 heavy (non-hydrogen) atoms. The second kappa shape index (κ2) is 7.41. The fraction of sp³-hybridized carbons (Fsp3) is 0.167. The summed E-state index contributed by atoms with van der Waals surface area (Å²) in [6.45, 7) is 5.89. The Morgan fingerprint density at radius 3 is 2.09 bits per heavy atom. The predicted molar refractivity (Wildman–Crippen MR) is 86.7 cm³/mol. The topological polar surface area (TPSA) is 38.7 Å². The van der Waals surface area contributed by atoms with Crippen LogP contribution in [0.5, 0.6) is 0 Å². The maximum absolute atomic E-state index is 13.0. The molecule has 0 aliphatic heterocycles. The van der Waals surface area contributed by atoms with Gasteiger partial charge in [-0.25, -0.2) is 4.39 Å². The average Bonchev–Trinajstić information content (AvgIpc) is 2.58. The lowest BCUT2D eigenvalue weighted by atomic mass is 10.0. The lowest BCUT2D eigenvalue weighted by Crippen LogP contribution is -1.95. The van der Waals surface area contributed by atoms with E-state index in [9.17, 15) is 4.39 Å². The molecule has 0 unspecified atom stereocenters. The average molecular weight is 295 g/mol. The van der Waals surface area contributed by atoms with E-state index < -0.39 is 0 Å². The summed E-state index contributed by atoms with van der Waals surface area (Å²) in [5.74, 6) is -0.265. The standard InChI is InChI=1S/C16H12FN3.C2H6/c1-11-10-15(12-6-8-18-9-7-12)16(20-19-11)13-2-4-14(17)5-3-13;1-2/h2-10H,1H3;1-2H3. The van der Waals surface area contributed by atoms with Crippen molar-refractivity contribution in [3.05, 3.63) is 66.4 Å². The van der Waals surface area contributed by atoms with Crippen LogP contribution in [0.25, 0.3) is 22.4 Å². The van der Waals surface area contributed by atoms with Crippen molar-refractivity contribution in [2.45, 2.75) is 20.8 Å². The van der Waals surface area contributed by atoms with E-state index in [1.54, 1.807) is 24.5 Å². The number of benzene rings is 1. The molecule has 0 saturated heterocycles. The quantitative estimate of drug-likeness (QED) is 0.689. The SMILES string of the molecule is CC.Cc1cc(-c2ccncc2)c(-c2ccc(F)cc2)nn1. The number of pyridine rings is 1. The highest BCUT2D eigenvalue weighted by Gasteiger charge is 2.10. The van der Waals surface area contributed by atoms with Gasteiger partial charge in [0.2, 0.25) is 0 Å². The van der Waals surface area contributed by atoms with E-state index in [0.717, 1.165) is 28.1 Å². The summed E-state index contributed by atoms with van der Waals surface area (Å²) >= 11 is 0. The van der Waals surface area contributed by atoms with E-state index in [0.29, 0.717) is 0 Å². The highest BCUT2D eigenvalue weighted by Crippen LogP contribution is 2.29. The van der Waals surface area contributed by atoms with E-state index in [2.05, 4.69) is 15.2 Å². The van der Waals surface area contributed by atoms with Crippen molar-refractivity contribution in [2.24, 2.45) is 0 Å². The number of hydrogen-bond acceptors (Lipinski definition) is 3. The molecule has 3 aromatic rings. The predicted octanol–water partition coefficient (Wildman–Crippen LogP) is 4.68. The molecule has 2 heterocycles. The fourth-order valence-electron chi connectivity index (χ4n) is 2.06. The van der Waals surface area contributed by atoms with Crippen molar-refractivity contribution in [3.63, 3.8) is 0 Å². The second-order valence-corrected chi connectivity index (χ2v) is 4.49. The first-order valence-corrected chi connectivity index (χ1v) is 7.25. The van der Waals surface area contributed by atoms with Gasteiger partial charge in [0.15, 0.2) is 0 Å². The number of halogens is 1. The third-order valence-electron chi connectivity index (χ3n) is 3.03. The van der Waals surface area contributed by atoms with Crippen LogP contribution in [-0.2, 0) is 0 Å². The van der Waals surface area contributed by atoms with Gasteiger partial charge in [-0.3, -0.25) is 4.98 Å². The summed E-state index contributed by atoms with van der Waals surface area (Å²) in [4.78, 5) is 4.02. The van der Waals surface area contributed by atoms with E-state index >= 15 is 0 Å². The first kappa shape index (κ1) is 15.8. The molecule has 0 aliphatic rings. The Morgan fingerprint density at radius 1 is 0.818 bits per heavy atom. The smallest absolute Gasteiger partial charge is 0.123 e. The molecule has 112 valence electrons. The van der Waals surface area contributed by atoms with Gasteiger partial charge < -0.3 is 0 Å². The largest absolute Gasteiger partial charge is 0.265 e. The van der Waals surface area contributed by atoms with Crippen molar-refractivity contribution < 1.29 is 4.39 Å². The monoisotopic (exact) mass is 295 g/mol. The Balaban J connectivity index is 0.000000847. The summed E-state index contributed by atoms with van der Waals surface area (Å²) in [5.41, 5.74) is 4.39. The minimum Gasteiger partial charge on any atom is -0.265 e. The first-order valence-electron chi connectivity index (χ1n) is 7.25. The molecule has 0 atom stereocenters. The molecule has 3 rings (SSSR count). The lowest BCUT2D eigenvalue weighted by molar-refractivity contribution is 0.628. The number of nitrogens with zero attached hydrogens (tertiary/aromatic N) is 3. The molecule has 0 saturated carbocycles. The normalized spacial score (nSPS) is 9.82. The zero-order chi connectivity index (χ0) is 15.9. The number of aromatic nitrogens is 3. The third-order valence-corrected chi connectivity index (χ3v) is 3.03. The maximum atomic E-state index is 13.0. The van der Waals surface area contributed by atoms with Gasteiger partial charge in [0, 0.05) is 23.5 Å². The zero-order valence-electron chi connectivity index (χ0n) is 12.9. The molecule has 3 nitrogen and oxygen atoms in total. The van der Waals surface area contributed by atoms with Gasteiger partial charge in [-0.05, 0) is 55.0 Å².